The Morgan fingerprint density at radius 3 is 2.28 bits per heavy atom. The molecule has 0 heterocycles. The maximum absolute atomic E-state index is 13.3. The highest BCUT2D eigenvalue weighted by Crippen LogP contribution is 2.27. The average Bonchev–Trinajstić information content (AvgIpc) is 2.72. The van der Waals surface area contributed by atoms with Crippen LogP contribution in [0.4, 0.5) is 0 Å². The minimum absolute atomic E-state index is 0.142. The molecule has 1 N–H and O–H groups in total. The first-order chi connectivity index (χ1) is 13.9. The van der Waals surface area contributed by atoms with Crippen LogP contribution in [0.5, 0.6) is 0 Å². The molecular formula is C22H27ClN2O3S. The lowest BCUT2D eigenvalue weighted by Crippen LogP contribution is -2.46. The molecule has 0 radical (unpaired) electrons. The van der Waals surface area contributed by atoms with Crippen molar-refractivity contribution in [3.8, 4) is 0 Å². The molecule has 5 nitrogen and oxygen atoms in total. The highest BCUT2D eigenvalue weighted by molar-refractivity contribution is 7.89. The Hall–Kier alpha value is -1.89. The van der Waals surface area contributed by atoms with Gasteiger partial charge in [-0.15, -0.1) is 0 Å². The van der Waals surface area contributed by atoms with Gasteiger partial charge in [-0.3, -0.25) is 4.79 Å². The highest BCUT2D eigenvalue weighted by Gasteiger charge is 2.33. The summed E-state index contributed by atoms with van der Waals surface area (Å²) in [6.07, 6.45) is 4.65. The summed E-state index contributed by atoms with van der Waals surface area (Å²) in [6, 6.07) is 13.9. The van der Waals surface area contributed by atoms with Crippen LogP contribution in [0.1, 0.15) is 43.2 Å². The molecule has 2 aromatic carbocycles. The van der Waals surface area contributed by atoms with E-state index in [4.69, 9.17) is 11.6 Å². The largest absolute Gasteiger partial charge is 0.351 e. The van der Waals surface area contributed by atoms with Crippen molar-refractivity contribution in [1.29, 1.82) is 0 Å². The van der Waals surface area contributed by atoms with E-state index in [9.17, 15) is 13.2 Å². The van der Waals surface area contributed by atoms with Crippen LogP contribution >= 0.6 is 11.6 Å². The third-order valence-corrected chi connectivity index (χ3v) is 7.48. The first-order valence-electron chi connectivity index (χ1n) is 9.96. The number of aryl methyl sites for hydroxylation is 1. The van der Waals surface area contributed by atoms with Crippen molar-refractivity contribution in [3.05, 3.63) is 64.7 Å². The fourth-order valence-corrected chi connectivity index (χ4v) is 5.39. The number of hydrogen-bond donors (Lipinski definition) is 1. The third kappa shape index (κ3) is 5.81. The van der Waals surface area contributed by atoms with Gasteiger partial charge >= 0.3 is 0 Å². The van der Waals surface area contributed by atoms with Gasteiger partial charge in [0.1, 0.15) is 0 Å². The van der Waals surface area contributed by atoms with E-state index in [1.54, 1.807) is 36.4 Å². The number of nitrogens with one attached hydrogen (secondary N) is 1. The smallest absolute Gasteiger partial charge is 0.243 e. The van der Waals surface area contributed by atoms with E-state index < -0.39 is 10.0 Å². The zero-order valence-corrected chi connectivity index (χ0v) is 18.2. The summed E-state index contributed by atoms with van der Waals surface area (Å²) in [6.45, 7) is 2.08. The SMILES string of the molecule is Cc1ccc(S(=O)(=O)N(CC(=O)NCc2ccc(Cl)cc2)C2CCCCC2)cc1. The van der Waals surface area contributed by atoms with E-state index >= 15 is 0 Å². The Morgan fingerprint density at radius 1 is 1.03 bits per heavy atom. The molecule has 3 rings (SSSR count). The van der Waals surface area contributed by atoms with Crippen molar-refractivity contribution < 1.29 is 13.2 Å². The molecule has 0 atom stereocenters. The predicted molar refractivity (Wildman–Crippen MR) is 115 cm³/mol. The van der Waals surface area contributed by atoms with Gasteiger partial charge in [0.05, 0.1) is 11.4 Å². The molecule has 1 aliphatic carbocycles. The van der Waals surface area contributed by atoms with Crippen molar-refractivity contribution in [2.45, 2.75) is 56.5 Å². The van der Waals surface area contributed by atoms with Crippen LogP contribution in [0.3, 0.4) is 0 Å². The first-order valence-corrected chi connectivity index (χ1v) is 11.8. The summed E-state index contributed by atoms with van der Waals surface area (Å²) in [5.74, 6) is -0.304. The van der Waals surface area contributed by atoms with Crippen LogP contribution in [-0.4, -0.2) is 31.2 Å². The second-order valence-electron chi connectivity index (χ2n) is 7.56. The van der Waals surface area contributed by atoms with Crippen molar-refractivity contribution in [1.82, 2.24) is 9.62 Å². The van der Waals surface area contributed by atoms with Gasteiger partial charge in [0.2, 0.25) is 15.9 Å². The number of benzene rings is 2. The number of nitrogens with zero attached hydrogens (tertiary/aromatic N) is 1. The minimum atomic E-state index is -3.75. The Labute approximate surface area is 178 Å². The third-order valence-electron chi connectivity index (χ3n) is 5.31. The molecular weight excluding hydrogens is 408 g/mol. The van der Waals surface area contributed by atoms with E-state index in [0.717, 1.165) is 43.2 Å². The number of amides is 1. The Morgan fingerprint density at radius 2 is 1.66 bits per heavy atom. The fourth-order valence-electron chi connectivity index (χ4n) is 3.63. The van der Waals surface area contributed by atoms with Crippen LogP contribution in [0.15, 0.2) is 53.4 Å². The number of carbonyl (C=O) groups is 1. The van der Waals surface area contributed by atoms with Crippen molar-refractivity contribution >= 4 is 27.5 Å². The lowest BCUT2D eigenvalue weighted by molar-refractivity contribution is -0.121. The monoisotopic (exact) mass is 434 g/mol. The van der Waals surface area contributed by atoms with Crippen LogP contribution in [0.2, 0.25) is 5.02 Å². The normalized spacial score (nSPS) is 15.4. The van der Waals surface area contributed by atoms with Crippen LogP contribution in [0.25, 0.3) is 0 Å². The summed E-state index contributed by atoms with van der Waals surface area (Å²) in [5, 5.41) is 3.46. The minimum Gasteiger partial charge on any atom is -0.351 e. The lowest BCUT2D eigenvalue weighted by Gasteiger charge is -2.33. The molecule has 156 valence electrons. The molecule has 1 saturated carbocycles. The zero-order valence-electron chi connectivity index (χ0n) is 16.6. The molecule has 2 aromatic rings. The molecule has 0 bridgehead atoms. The van der Waals surface area contributed by atoms with E-state index in [0.29, 0.717) is 11.6 Å². The van der Waals surface area contributed by atoms with E-state index in [-0.39, 0.29) is 23.4 Å². The zero-order chi connectivity index (χ0) is 20.9. The van der Waals surface area contributed by atoms with Gasteiger partial charge < -0.3 is 5.32 Å². The Bertz CT molecular complexity index is 922. The number of sulfonamides is 1. The summed E-state index contributed by atoms with van der Waals surface area (Å²) in [7, 11) is -3.75. The van der Waals surface area contributed by atoms with Gasteiger partial charge in [0.25, 0.3) is 0 Å². The molecule has 0 spiro atoms. The van der Waals surface area contributed by atoms with Gasteiger partial charge in [0, 0.05) is 17.6 Å². The summed E-state index contributed by atoms with van der Waals surface area (Å²) in [5.41, 5.74) is 1.90. The maximum atomic E-state index is 13.3. The molecule has 1 fully saturated rings. The van der Waals surface area contributed by atoms with Gasteiger partial charge in [0.15, 0.2) is 0 Å². The van der Waals surface area contributed by atoms with E-state index in [1.807, 2.05) is 19.1 Å². The van der Waals surface area contributed by atoms with E-state index in [2.05, 4.69) is 5.32 Å². The van der Waals surface area contributed by atoms with Crippen molar-refractivity contribution in [2.75, 3.05) is 6.54 Å². The van der Waals surface area contributed by atoms with Crippen LogP contribution in [-0.2, 0) is 21.4 Å². The van der Waals surface area contributed by atoms with Crippen molar-refractivity contribution in [2.24, 2.45) is 0 Å². The first kappa shape index (κ1) is 21.8. The van der Waals surface area contributed by atoms with Crippen LogP contribution < -0.4 is 5.32 Å². The Kier molecular flexibility index (Phi) is 7.33. The van der Waals surface area contributed by atoms with Gasteiger partial charge in [-0.25, -0.2) is 8.42 Å². The molecule has 29 heavy (non-hydrogen) atoms. The summed E-state index contributed by atoms with van der Waals surface area (Å²) >= 11 is 5.89. The molecule has 0 aliphatic heterocycles. The van der Waals surface area contributed by atoms with Crippen LogP contribution in [0, 0.1) is 6.92 Å². The maximum Gasteiger partial charge on any atom is 0.243 e. The van der Waals surface area contributed by atoms with E-state index in [1.165, 1.54) is 4.31 Å². The Balaban J connectivity index is 1.75. The standard InChI is InChI=1S/C22H27ClN2O3S/c1-17-7-13-21(14-8-17)29(27,28)25(20-5-3-2-4-6-20)16-22(26)24-15-18-9-11-19(23)12-10-18/h7-14,20H,2-6,15-16H2,1H3,(H,24,26). The highest BCUT2D eigenvalue weighted by atomic mass is 35.5. The average molecular weight is 435 g/mol. The second kappa shape index (κ2) is 9.74. The summed E-state index contributed by atoms with van der Waals surface area (Å²) < 4.78 is 28.0. The van der Waals surface area contributed by atoms with Gasteiger partial charge in [-0.05, 0) is 49.6 Å². The number of halogens is 1. The topological polar surface area (TPSA) is 66.5 Å². The second-order valence-corrected chi connectivity index (χ2v) is 9.89. The summed E-state index contributed by atoms with van der Waals surface area (Å²) in [4.78, 5) is 12.9. The lowest BCUT2D eigenvalue weighted by atomic mass is 9.95. The fraction of sp³-hybridized carbons (Fsp3) is 0.409. The molecule has 1 aliphatic rings. The molecule has 0 saturated heterocycles. The predicted octanol–water partition coefficient (Wildman–Crippen LogP) is 4.29. The molecule has 0 unspecified atom stereocenters. The molecule has 1 amide bonds. The number of carbonyl (C=O) groups excluding carboxylic acids is 1. The number of hydrogen-bond acceptors (Lipinski definition) is 3. The van der Waals surface area contributed by atoms with Gasteiger partial charge in [-0.2, -0.15) is 4.31 Å². The number of rotatable bonds is 7. The quantitative estimate of drug-likeness (QED) is 0.706. The molecule has 7 heteroatoms. The molecule has 0 aromatic heterocycles. The van der Waals surface area contributed by atoms with Crippen molar-refractivity contribution in [3.63, 3.8) is 0 Å². The van der Waals surface area contributed by atoms with Gasteiger partial charge in [-0.1, -0.05) is 60.7 Å².